The maximum atomic E-state index is 13.4. The molecule has 0 saturated carbocycles. The van der Waals surface area contributed by atoms with Gasteiger partial charge in [-0.2, -0.15) is 0 Å². The molecule has 0 aromatic rings. The zero-order valence-corrected chi connectivity index (χ0v) is 65.8. The van der Waals surface area contributed by atoms with Crippen LogP contribution in [0.15, 0.2) is 0 Å². The molecule has 2 aliphatic rings. The van der Waals surface area contributed by atoms with Crippen LogP contribution >= 0.6 is 0 Å². The molecule has 0 aromatic carbocycles. The molecule has 9 N–H and O–H groups in total. The van der Waals surface area contributed by atoms with Gasteiger partial charge in [0.2, 0.25) is 5.91 Å². The third-order valence-corrected chi connectivity index (χ3v) is 22.3. The van der Waals surface area contributed by atoms with E-state index in [4.69, 9.17) is 18.9 Å². The van der Waals surface area contributed by atoms with Crippen LogP contribution in [0, 0.1) is 0 Å². The lowest BCUT2D eigenvalue weighted by Crippen LogP contribution is -2.65. The molecule has 12 atom stereocenters. The normalized spacial score (nSPS) is 21.7. The maximum absolute atomic E-state index is 13.4. The number of hydrogen-bond acceptors (Lipinski definition) is 13. The molecule has 2 heterocycles. The molecule has 2 saturated heterocycles. The molecule has 0 bridgehead atoms. The Labute approximate surface area is 616 Å². The minimum atomic E-state index is -1.78. The fourth-order valence-electron chi connectivity index (χ4n) is 15.4. The van der Waals surface area contributed by atoms with Crippen LogP contribution in [0.2, 0.25) is 0 Å². The van der Waals surface area contributed by atoms with Crippen molar-refractivity contribution in [3.8, 4) is 0 Å². The first-order chi connectivity index (χ1) is 49.1. The quantitative estimate of drug-likeness (QED) is 0.0259. The van der Waals surface area contributed by atoms with Gasteiger partial charge in [0.05, 0.1) is 32.0 Å². The van der Waals surface area contributed by atoms with Crippen molar-refractivity contribution in [1.29, 1.82) is 0 Å². The molecular weight excluding hydrogens is 1250 g/mol. The second kappa shape index (κ2) is 70.9. The zero-order valence-electron chi connectivity index (χ0n) is 65.8. The van der Waals surface area contributed by atoms with E-state index in [1.165, 1.54) is 372 Å². The number of aliphatic hydroxyl groups is 8. The highest BCUT2D eigenvalue weighted by Crippen LogP contribution is 2.31. The Hall–Kier alpha value is -1.01. The highest BCUT2D eigenvalue weighted by Gasteiger charge is 2.51. The Morgan fingerprint density at radius 3 is 0.850 bits per heavy atom. The van der Waals surface area contributed by atoms with Crippen molar-refractivity contribution in [1.82, 2.24) is 5.32 Å². The summed E-state index contributed by atoms with van der Waals surface area (Å²) in [7, 11) is 0. The van der Waals surface area contributed by atoms with E-state index in [1.807, 2.05) is 0 Å². The summed E-state index contributed by atoms with van der Waals surface area (Å²) in [5.74, 6) is -0.194. The lowest BCUT2D eigenvalue weighted by molar-refractivity contribution is -0.359. The fraction of sp³-hybridized carbons (Fsp3) is 0.988. The smallest absolute Gasteiger partial charge is 0.220 e. The molecule has 0 aromatic heterocycles. The predicted octanol–water partition coefficient (Wildman–Crippen LogP) is 21.0. The van der Waals surface area contributed by atoms with Crippen molar-refractivity contribution in [2.45, 2.75) is 524 Å². The van der Waals surface area contributed by atoms with Gasteiger partial charge in [0.1, 0.15) is 48.8 Å². The number of hydrogen-bond donors (Lipinski definition) is 9. The first-order valence-corrected chi connectivity index (χ1v) is 44.3. The molecule has 596 valence electrons. The molecule has 14 nitrogen and oxygen atoms in total. The topological polar surface area (TPSA) is 228 Å². The van der Waals surface area contributed by atoms with E-state index < -0.39 is 86.8 Å². The standard InChI is InChI=1S/C86H169NO13/c1-3-5-7-9-11-13-15-17-19-21-23-25-27-29-31-32-33-34-35-36-37-38-39-40-41-42-44-46-48-50-52-54-56-58-60-62-64-66-68-70-78(91)87-74(73-97-85-83(96)81(94)84(77(72-89)99-85)100-86-82(95)80(93)79(92)76(71-88)98-86)75(90)69-67-65-63-61-59-57-55-53-51-49-47-45-43-30-28-26-24-22-20-18-16-14-12-10-8-6-4-2/h74-77,79-86,88-90,92-96H,3-73H2,1-2H3,(H,87,91). The van der Waals surface area contributed by atoms with Gasteiger partial charge >= 0.3 is 0 Å². The highest BCUT2D eigenvalue weighted by molar-refractivity contribution is 5.76. The van der Waals surface area contributed by atoms with Gasteiger partial charge in [0, 0.05) is 6.42 Å². The largest absolute Gasteiger partial charge is 0.394 e. The number of aliphatic hydroxyl groups excluding tert-OH is 8. The summed E-state index contributed by atoms with van der Waals surface area (Å²) in [4.78, 5) is 13.4. The van der Waals surface area contributed by atoms with Gasteiger partial charge < -0.3 is 65.1 Å². The maximum Gasteiger partial charge on any atom is 0.220 e. The lowest BCUT2D eigenvalue weighted by atomic mass is 9.97. The van der Waals surface area contributed by atoms with Crippen LogP contribution in [-0.2, 0) is 23.7 Å². The number of carbonyl (C=O) groups is 1. The average molecular weight is 1430 g/mol. The number of carbonyl (C=O) groups excluding carboxylic acids is 1. The molecule has 1 amide bonds. The van der Waals surface area contributed by atoms with E-state index in [0.717, 1.165) is 51.4 Å². The number of nitrogens with one attached hydrogen (secondary N) is 1. The average Bonchev–Trinajstić information content (AvgIpc) is 0.796. The molecule has 12 unspecified atom stereocenters. The van der Waals surface area contributed by atoms with Crippen LogP contribution in [0.4, 0.5) is 0 Å². The minimum absolute atomic E-state index is 0.194. The Bertz CT molecular complexity index is 1680. The van der Waals surface area contributed by atoms with E-state index in [0.29, 0.717) is 12.8 Å². The monoisotopic (exact) mass is 1420 g/mol. The minimum Gasteiger partial charge on any atom is -0.394 e. The zero-order chi connectivity index (χ0) is 72.2. The molecule has 100 heavy (non-hydrogen) atoms. The number of unbranched alkanes of at least 4 members (excludes halogenated alkanes) is 64. The summed E-state index contributed by atoms with van der Waals surface area (Å²) in [6, 6.07) is -0.826. The summed E-state index contributed by atoms with van der Waals surface area (Å²) in [5, 5.41) is 88.0. The van der Waals surface area contributed by atoms with Gasteiger partial charge in [-0.05, 0) is 12.8 Å². The van der Waals surface area contributed by atoms with Crippen LogP contribution in [0.5, 0.6) is 0 Å². The SMILES string of the molecule is CCCCCCCCCCCCCCCCCCCCCCCCCCCCCCCCCCCCCCCCCC(=O)NC(COC1OC(CO)C(OC2OC(CO)C(O)C(O)C2O)C(O)C1O)C(O)CCCCCCCCCCCCCCCCCCCCCCCCCCCCC. The van der Waals surface area contributed by atoms with Crippen molar-refractivity contribution in [3.63, 3.8) is 0 Å². The Balaban J connectivity index is 1.54. The second-order valence-corrected chi connectivity index (χ2v) is 31.7. The Kier molecular flexibility index (Phi) is 67.4. The lowest BCUT2D eigenvalue weighted by Gasteiger charge is -2.46. The second-order valence-electron chi connectivity index (χ2n) is 31.7. The Morgan fingerprint density at radius 2 is 0.570 bits per heavy atom. The molecule has 0 spiro atoms. The van der Waals surface area contributed by atoms with E-state index >= 15 is 0 Å². The van der Waals surface area contributed by atoms with Crippen molar-refractivity contribution in [3.05, 3.63) is 0 Å². The van der Waals surface area contributed by atoms with Crippen molar-refractivity contribution in [2.24, 2.45) is 0 Å². The van der Waals surface area contributed by atoms with E-state index in [-0.39, 0.29) is 12.5 Å². The van der Waals surface area contributed by atoms with E-state index in [9.17, 15) is 45.6 Å². The van der Waals surface area contributed by atoms with Crippen molar-refractivity contribution in [2.75, 3.05) is 19.8 Å². The summed E-state index contributed by atoms with van der Waals surface area (Å²) in [5.41, 5.74) is 0. The third-order valence-electron chi connectivity index (χ3n) is 22.3. The highest BCUT2D eigenvalue weighted by atomic mass is 16.7. The third kappa shape index (κ3) is 52.9. The van der Waals surface area contributed by atoms with Crippen molar-refractivity contribution < 1.29 is 64.6 Å². The van der Waals surface area contributed by atoms with Gasteiger partial charge in [-0.25, -0.2) is 0 Å². The predicted molar refractivity (Wildman–Crippen MR) is 416 cm³/mol. The first-order valence-electron chi connectivity index (χ1n) is 44.3. The van der Waals surface area contributed by atoms with Gasteiger partial charge in [0.15, 0.2) is 12.6 Å². The van der Waals surface area contributed by atoms with E-state index in [1.54, 1.807) is 0 Å². The van der Waals surface area contributed by atoms with E-state index in [2.05, 4.69) is 19.2 Å². The summed E-state index contributed by atoms with van der Waals surface area (Å²) in [6.45, 7) is 2.96. The molecule has 0 aliphatic carbocycles. The molecule has 14 heteroatoms. The summed E-state index contributed by atoms with van der Waals surface area (Å²) in [6.07, 6.45) is 73.3. The molecule has 2 fully saturated rings. The molecule has 0 radical (unpaired) electrons. The molecular formula is C86H169NO13. The number of ether oxygens (including phenoxy) is 4. The van der Waals surface area contributed by atoms with Crippen LogP contribution in [0.3, 0.4) is 0 Å². The van der Waals surface area contributed by atoms with Gasteiger partial charge in [-0.15, -0.1) is 0 Å². The fourth-order valence-corrected chi connectivity index (χ4v) is 15.4. The van der Waals surface area contributed by atoms with Gasteiger partial charge in [-0.3, -0.25) is 4.79 Å². The van der Waals surface area contributed by atoms with Crippen LogP contribution < -0.4 is 5.32 Å². The van der Waals surface area contributed by atoms with Crippen LogP contribution in [0.25, 0.3) is 0 Å². The summed E-state index contributed by atoms with van der Waals surface area (Å²) >= 11 is 0. The van der Waals surface area contributed by atoms with Crippen LogP contribution in [0.1, 0.15) is 450 Å². The number of rotatable bonds is 77. The summed E-state index contributed by atoms with van der Waals surface area (Å²) < 4.78 is 23.0. The molecule has 2 aliphatic heterocycles. The van der Waals surface area contributed by atoms with Crippen molar-refractivity contribution >= 4 is 5.91 Å². The first kappa shape index (κ1) is 95.1. The Morgan fingerprint density at radius 1 is 0.320 bits per heavy atom. The van der Waals surface area contributed by atoms with Gasteiger partial charge in [0.25, 0.3) is 0 Å². The van der Waals surface area contributed by atoms with Gasteiger partial charge in [-0.1, -0.05) is 431 Å². The van der Waals surface area contributed by atoms with Crippen LogP contribution in [-0.4, -0.2) is 140 Å². The molecule has 2 rings (SSSR count). The number of amides is 1.